The number of ether oxygens (including phenoxy) is 1. The Balaban J connectivity index is 1.28. The molecule has 0 bridgehead atoms. The quantitative estimate of drug-likeness (QED) is 0.337. The van der Waals surface area contributed by atoms with E-state index in [2.05, 4.69) is 50.5 Å². The number of aliphatic hydroxyl groups is 1. The molecule has 1 aliphatic heterocycles. The van der Waals surface area contributed by atoms with Crippen LogP contribution in [-0.4, -0.2) is 64.5 Å². The van der Waals surface area contributed by atoms with E-state index in [1.54, 1.807) is 22.6 Å². The van der Waals surface area contributed by atoms with Crippen molar-refractivity contribution in [1.82, 2.24) is 14.9 Å². The molecule has 0 saturated carbocycles. The number of rotatable bonds is 6. The molecule has 8 nitrogen and oxygen atoms in total. The van der Waals surface area contributed by atoms with Gasteiger partial charge in [0, 0.05) is 36.7 Å². The molecule has 0 spiro atoms. The maximum atomic E-state index is 12.4. The van der Waals surface area contributed by atoms with E-state index in [-0.39, 0.29) is 18.7 Å². The number of hydrogen-bond donors (Lipinski definition) is 2. The minimum Gasteiger partial charge on any atom is -0.444 e. The van der Waals surface area contributed by atoms with Crippen molar-refractivity contribution in [2.45, 2.75) is 32.4 Å². The van der Waals surface area contributed by atoms with Gasteiger partial charge < -0.3 is 25.0 Å². The van der Waals surface area contributed by atoms with E-state index in [0.29, 0.717) is 18.9 Å². The van der Waals surface area contributed by atoms with Crippen molar-refractivity contribution >= 4 is 39.2 Å². The number of piperazine rings is 1. The summed E-state index contributed by atoms with van der Waals surface area (Å²) in [5, 5.41) is 13.4. The Bertz CT molecular complexity index is 1380. The number of nitrogens with one attached hydrogen (secondary N) is 1. The zero-order valence-electron chi connectivity index (χ0n) is 21.9. The normalized spacial score (nSPS) is 14.9. The van der Waals surface area contributed by atoms with Gasteiger partial charge in [0.15, 0.2) is 0 Å². The third-order valence-electron chi connectivity index (χ3n) is 6.46. The summed E-state index contributed by atoms with van der Waals surface area (Å²) in [6.45, 7) is 8.43. The first-order valence-corrected chi connectivity index (χ1v) is 13.6. The minimum absolute atomic E-state index is 0.0404. The van der Waals surface area contributed by atoms with Gasteiger partial charge in [0.25, 0.3) is 0 Å². The maximum absolute atomic E-state index is 12.4. The highest BCUT2D eigenvalue weighted by Crippen LogP contribution is 2.37. The van der Waals surface area contributed by atoms with Crippen molar-refractivity contribution in [2.75, 3.05) is 43.0 Å². The fraction of sp³-hybridized carbons (Fsp3) is 0.345. The highest BCUT2D eigenvalue weighted by Gasteiger charge is 2.26. The zero-order chi connectivity index (χ0) is 26.7. The summed E-state index contributed by atoms with van der Waals surface area (Å²) in [5.41, 5.74) is 3.63. The van der Waals surface area contributed by atoms with Gasteiger partial charge in [-0.25, -0.2) is 14.8 Å². The number of fused-ring (bicyclic) bond motifs is 1. The van der Waals surface area contributed by atoms with Crippen LogP contribution in [-0.2, 0) is 4.74 Å². The smallest absolute Gasteiger partial charge is 0.410 e. The number of benzene rings is 2. The van der Waals surface area contributed by atoms with Crippen molar-refractivity contribution in [3.63, 3.8) is 0 Å². The van der Waals surface area contributed by atoms with Gasteiger partial charge in [-0.1, -0.05) is 42.5 Å². The number of anilines is 2. The first kappa shape index (κ1) is 25.9. The lowest BCUT2D eigenvalue weighted by molar-refractivity contribution is 0.0240. The van der Waals surface area contributed by atoms with Gasteiger partial charge in [-0.15, -0.1) is 11.3 Å². The van der Waals surface area contributed by atoms with Crippen LogP contribution in [0.1, 0.15) is 32.4 Å². The first-order chi connectivity index (χ1) is 18.3. The standard InChI is InChI=1S/C29H33N5O3S/c1-29(2,3)37-28(36)34-15-13-33(14-16-34)22-11-9-21(10-12-22)25-17-23-26(38-25)27(31-19-30-23)32-24(18-35)20-7-5-4-6-8-20/h4-12,17,19,24,35H,13-16,18H2,1-3H3,(H,30,31,32). The average Bonchev–Trinajstić information content (AvgIpc) is 3.37. The summed E-state index contributed by atoms with van der Waals surface area (Å²) in [5.74, 6) is 0.716. The van der Waals surface area contributed by atoms with E-state index < -0.39 is 5.60 Å². The van der Waals surface area contributed by atoms with Crippen LogP contribution >= 0.6 is 11.3 Å². The predicted octanol–water partition coefficient (Wildman–Crippen LogP) is 5.56. The molecule has 1 unspecified atom stereocenters. The van der Waals surface area contributed by atoms with Crippen molar-refractivity contribution < 1.29 is 14.6 Å². The van der Waals surface area contributed by atoms with Crippen LogP contribution in [0.5, 0.6) is 0 Å². The highest BCUT2D eigenvalue weighted by molar-refractivity contribution is 7.22. The lowest BCUT2D eigenvalue weighted by Gasteiger charge is -2.36. The largest absolute Gasteiger partial charge is 0.444 e. The fourth-order valence-corrected chi connectivity index (χ4v) is 5.56. The number of aromatic nitrogens is 2. The first-order valence-electron chi connectivity index (χ1n) is 12.8. The molecule has 1 atom stereocenters. The summed E-state index contributed by atoms with van der Waals surface area (Å²) < 4.78 is 6.47. The molecule has 1 amide bonds. The van der Waals surface area contributed by atoms with Gasteiger partial charge in [-0.05, 0) is 50.1 Å². The van der Waals surface area contributed by atoms with E-state index in [0.717, 1.165) is 45.0 Å². The Kier molecular flexibility index (Phi) is 7.49. The molecule has 1 fully saturated rings. The molecule has 9 heteroatoms. The van der Waals surface area contributed by atoms with Crippen molar-refractivity contribution in [1.29, 1.82) is 0 Å². The Morgan fingerprint density at radius 1 is 1.05 bits per heavy atom. The van der Waals surface area contributed by atoms with Gasteiger partial charge in [-0.3, -0.25) is 0 Å². The van der Waals surface area contributed by atoms with Crippen LogP contribution in [0.15, 0.2) is 67.0 Å². The molecule has 2 aromatic heterocycles. The molecular formula is C29H33N5O3S. The van der Waals surface area contributed by atoms with Gasteiger partial charge in [0.05, 0.1) is 22.9 Å². The van der Waals surface area contributed by atoms with Crippen LogP contribution in [0.25, 0.3) is 20.7 Å². The van der Waals surface area contributed by atoms with Gasteiger partial charge in [-0.2, -0.15) is 0 Å². The summed E-state index contributed by atoms with van der Waals surface area (Å²) in [6, 6.07) is 20.2. The number of thiophene rings is 1. The summed E-state index contributed by atoms with van der Waals surface area (Å²) in [4.78, 5) is 26.5. The lowest BCUT2D eigenvalue weighted by atomic mass is 10.1. The molecule has 2 aromatic carbocycles. The molecule has 4 aromatic rings. The third-order valence-corrected chi connectivity index (χ3v) is 7.64. The zero-order valence-corrected chi connectivity index (χ0v) is 22.7. The second kappa shape index (κ2) is 11.0. The molecule has 5 rings (SSSR count). The summed E-state index contributed by atoms with van der Waals surface area (Å²) in [7, 11) is 0. The number of hydrogen-bond acceptors (Lipinski definition) is 8. The number of nitrogens with zero attached hydrogens (tertiary/aromatic N) is 4. The molecule has 1 aliphatic rings. The monoisotopic (exact) mass is 531 g/mol. The van der Waals surface area contributed by atoms with Crippen LogP contribution in [0, 0.1) is 0 Å². The topological polar surface area (TPSA) is 90.8 Å². The Morgan fingerprint density at radius 2 is 1.76 bits per heavy atom. The minimum atomic E-state index is -0.485. The van der Waals surface area contributed by atoms with E-state index in [1.807, 2.05) is 51.1 Å². The number of carbonyl (C=O) groups is 1. The van der Waals surface area contributed by atoms with Crippen LogP contribution < -0.4 is 10.2 Å². The van der Waals surface area contributed by atoms with E-state index in [4.69, 9.17) is 4.74 Å². The van der Waals surface area contributed by atoms with E-state index >= 15 is 0 Å². The highest BCUT2D eigenvalue weighted by atomic mass is 32.1. The van der Waals surface area contributed by atoms with Crippen molar-refractivity contribution in [3.8, 4) is 10.4 Å². The molecular weight excluding hydrogens is 498 g/mol. The second-order valence-electron chi connectivity index (χ2n) is 10.3. The van der Waals surface area contributed by atoms with Crippen LogP contribution in [0.4, 0.5) is 16.3 Å². The molecule has 1 saturated heterocycles. The fourth-order valence-electron chi connectivity index (χ4n) is 4.49. The van der Waals surface area contributed by atoms with E-state index in [9.17, 15) is 9.90 Å². The van der Waals surface area contributed by atoms with E-state index in [1.165, 1.54) is 0 Å². The molecule has 0 aliphatic carbocycles. The van der Waals surface area contributed by atoms with Crippen LogP contribution in [0.3, 0.4) is 0 Å². The Morgan fingerprint density at radius 3 is 2.42 bits per heavy atom. The molecule has 3 heterocycles. The molecule has 0 radical (unpaired) electrons. The Labute approximate surface area is 226 Å². The maximum Gasteiger partial charge on any atom is 0.410 e. The molecule has 2 N–H and O–H groups in total. The van der Waals surface area contributed by atoms with Gasteiger partial charge in [0.1, 0.15) is 17.7 Å². The molecule has 198 valence electrons. The van der Waals surface area contributed by atoms with Gasteiger partial charge >= 0.3 is 6.09 Å². The lowest BCUT2D eigenvalue weighted by Crippen LogP contribution is -2.50. The SMILES string of the molecule is CC(C)(C)OC(=O)N1CCN(c2ccc(-c3cc4ncnc(NC(CO)c5ccccc5)c4s3)cc2)CC1. The summed E-state index contributed by atoms with van der Waals surface area (Å²) >= 11 is 1.63. The van der Waals surface area contributed by atoms with Crippen LogP contribution in [0.2, 0.25) is 0 Å². The third kappa shape index (κ3) is 5.89. The van der Waals surface area contributed by atoms with Crippen molar-refractivity contribution in [2.24, 2.45) is 0 Å². The number of aliphatic hydroxyl groups excluding tert-OH is 1. The van der Waals surface area contributed by atoms with Gasteiger partial charge in [0.2, 0.25) is 0 Å². The molecule has 38 heavy (non-hydrogen) atoms. The Hall–Kier alpha value is -3.69. The summed E-state index contributed by atoms with van der Waals surface area (Å²) in [6.07, 6.45) is 1.31. The number of amides is 1. The van der Waals surface area contributed by atoms with Crippen molar-refractivity contribution in [3.05, 3.63) is 72.6 Å². The average molecular weight is 532 g/mol. The second-order valence-corrected chi connectivity index (χ2v) is 11.4. The predicted molar refractivity (Wildman–Crippen MR) is 153 cm³/mol. The number of carbonyl (C=O) groups excluding carboxylic acids is 1.